The number of benzene rings is 2. The maximum Gasteiger partial charge on any atom is 0.255 e. The Morgan fingerprint density at radius 2 is 1.96 bits per heavy atom. The highest BCUT2D eigenvalue weighted by Gasteiger charge is 2.22. The Bertz CT molecular complexity index is 1180. The zero-order valence-electron chi connectivity index (χ0n) is 15.1. The van der Waals surface area contributed by atoms with Crippen LogP contribution in [0, 0.1) is 0 Å². The largest absolute Gasteiger partial charge is 0.460 e. The number of fused-ring (bicyclic) bond motifs is 2. The lowest BCUT2D eigenvalue weighted by molar-refractivity contribution is 0.224. The van der Waals surface area contributed by atoms with Crippen LogP contribution < -0.4 is 5.56 Å². The topological polar surface area (TPSA) is 62.1 Å². The van der Waals surface area contributed by atoms with Gasteiger partial charge in [0, 0.05) is 35.5 Å². The molecule has 5 rings (SSSR count). The van der Waals surface area contributed by atoms with E-state index in [1.54, 1.807) is 12.1 Å². The second kappa shape index (κ2) is 6.93. The molecule has 6 heteroatoms. The first-order valence-corrected chi connectivity index (χ1v) is 9.61. The van der Waals surface area contributed by atoms with Gasteiger partial charge in [-0.15, -0.1) is 0 Å². The van der Waals surface area contributed by atoms with E-state index in [1.807, 2.05) is 36.4 Å². The summed E-state index contributed by atoms with van der Waals surface area (Å²) in [5.74, 6) is 1.50. The predicted octanol–water partition coefficient (Wildman–Crippen LogP) is 4.39. The molecule has 0 aliphatic carbocycles. The second-order valence-corrected chi connectivity index (χ2v) is 7.49. The van der Waals surface area contributed by atoms with Crippen LogP contribution in [-0.2, 0) is 19.5 Å². The van der Waals surface area contributed by atoms with Gasteiger partial charge in [0.05, 0.1) is 17.8 Å². The predicted molar refractivity (Wildman–Crippen MR) is 109 cm³/mol. The number of nitrogens with zero attached hydrogens (tertiary/aromatic N) is 2. The van der Waals surface area contributed by atoms with Gasteiger partial charge in [-0.2, -0.15) is 0 Å². The molecule has 2 aromatic heterocycles. The lowest BCUT2D eigenvalue weighted by Gasteiger charge is -2.26. The Morgan fingerprint density at radius 1 is 1.14 bits per heavy atom. The van der Waals surface area contributed by atoms with E-state index in [4.69, 9.17) is 21.0 Å². The summed E-state index contributed by atoms with van der Waals surface area (Å²) in [7, 11) is 0. The van der Waals surface area contributed by atoms with E-state index in [9.17, 15) is 4.79 Å². The van der Waals surface area contributed by atoms with Crippen LogP contribution in [0.2, 0.25) is 5.02 Å². The van der Waals surface area contributed by atoms with Crippen LogP contribution in [0.25, 0.3) is 22.4 Å². The van der Waals surface area contributed by atoms with Crippen LogP contribution >= 0.6 is 11.6 Å². The maximum absolute atomic E-state index is 12.7. The Labute approximate surface area is 166 Å². The molecular weight excluding hydrogens is 374 g/mol. The third-order valence-corrected chi connectivity index (χ3v) is 5.37. The third-order valence-electron chi connectivity index (χ3n) is 5.12. The molecule has 0 atom stereocenters. The molecule has 1 aliphatic rings. The highest BCUT2D eigenvalue weighted by atomic mass is 35.5. The Balaban J connectivity index is 1.39. The van der Waals surface area contributed by atoms with Gasteiger partial charge in [0.2, 0.25) is 0 Å². The summed E-state index contributed by atoms with van der Waals surface area (Å²) >= 11 is 5.95. The molecule has 140 valence electrons. The summed E-state index contributed by atoms with van der Waals surface area (Å²) in [6.45, 7) is 2.07. The monoisotopic (exact) mass is 391 g/mol. The molecule has 0 amide bonds. The molecule has 0 unspecified atom stereocenters. The lowest BCUT2D eigenvalue weighted by atomic mass is 10.1. The molecule has 5 nitrogen and oxygen atoms in total. The molecule has 3 heterocycles. The zero-order valence-corrected chi connectivity index (χ0v) is 15.9. The van der Waals surface area contributed by atoms with Gasteiger partial charge in [0.1, 0.15) is 17.2 Å². The molecule has 1 N–H and O–H groups in total. The van der Waals surface area contributed by atoms with Crippen molar-refractivity contribution in [3.63, 3.8) is 0 Å². The number of para-hydroxylation sites is 1. The normalized spacial score (nSPS) is 14.3. The molecule has 4 aromatic rings. The van der Waals surface area contributed by atoms with Crippen LogP contribution in [0.15, 0.2) is 63.8 Å². The second-order valence-electron chi connectivity index (χ2n) is 7.06. The minimum absolute atomic E-state index is 0.0794. The number of hydrogen-bond acceptors (Lipinski definition) is 4. The number of nitrogens with one attached hydrogen (secondary N) is 1. The van der Waals surface area contributed by atoms with Gasteiger partial charge in [-0.05, 0) is 36.4 Å². The molecule has 0 saturated carbocycles. The molecule has 0 saturated heterocycles. The molecule has 1 aliphatic heterocycles. The molecule has 28 heavy (non-hydrogen) atoms. The Hall–Kier alpha value is -2.89. The van der Waals surface area contributed by atoms with Gasteiger partial charge < -0.3 is 9.40 Å². The number of rotatable bonds is 3. The van der Waals surface area contributed by atoms with Crippen molar-refractivity contribution in [3.05, 3.63) is 87.0 Å². The van der Waals surface area contributed by atoms with Gasteiger partial charge in [-0.1, -0.05) is 29.8 Å². The first kappa shape index (κ1) is 17.2. The lowest BCUT2D eigenvalue weighted by Crippen LogP contribution is -2.35. The SMILES string of the molecule is O=c1[nH]c(-c2ccc(Cl)cc2)nc2c1CN(Cc1cc3ccccc3o1)CC2. The number of hydrogen-bond donors (Lipinski definition) is 1. The summed E-state index contributed by atoms with van der Waals surface area (Å²) in [6.07, 6.45) is 0.736. The van der Waals surface area contributed by atoms with Crippen LogP contribution in [-0.4, -0.2) is 21.4 Å². The molecule has 0 spiro atoms. The van der Waals surface area contributed by atoms with Gasteiger partial charge in [-0.25, -0.2) is 4.98 Å². The fraction of sp³-hybridized carbons (Fsp3) is 0.182. The average Bonchev–Trinajstić information content (AvgIpc) is 3.11. The van der Waals surface area contributed by atoms with E-state index < -0.39 is 0 Å². The Morgan fingerprint density at radius 3 is 2.79 bits per heavy atom. The van der Waals surface area contributed by atoms with Crippen molar-refractivity contribution in [2.45, 2.75) is 19.5 Å². The number of aromatic amines is 1. The standard InChI is InChI=1S/C22H18ClN3O2/c23-16-7-5-14(6-8-16)21-24-19-9-10-26(13-18(19)22(27)25-21)12-17-11-15-3-1-2-4-20(15)28-17/h1-8,11H,9-10,12-13H2,(H,24,25,27). The van der Waals surface area contributed by atoms with Gasteiger partial charge >= 0.3 is 0 Å². The van der Waals surface area contributed by atoms with E-state index in [0.717, 1.165) is 46.5 Å². The number of furan rings is 1. The Kier molecular flexibility index (Phi) is 4.26. The number of H-pyrrole nitrogens is 1. The fourth-order valence-electron chi connectivity index (χ4n) is 3.70. The van der Waals surface area contributed by atoms with E-state index in [0.29, 0.717) is 23.9 Å². The molecule has 2 aromatic carbocycles. The summed E-state index contributed by atoms with van der Waals surface area (Å²) in [4.78, 5) is 22.5. The molecule has 0 bridgehead atoms. The first-order valence-electron chi connectivity index (χ1n) is 9.23. The minimum atomic E-state index is -0.0794. The molecule has 0 fully saturated rings. The smallest absolute Gasteiger partial charge is 0.255 e. The van der Waals surface area contributed by atoms with Crippen molar-refractivity contribution in [3.8, 4) is 11.4 Å². The van der Waals surface area contributed by atoms with E-state index in [-0.39, 0.29) is 5.56 Å². The van der Waals surface area contributed by atoms with Gasteiger partial charge in [-0.3, -0.25) is 9.69 Å². The first-order chi connectivity index (χ1) is 13.7. The van der Waals surface area contributed by atoms with Crippen LogP contribution in [0.3, 0.4) is 0 Å². The zero-order chi connectivity index (χ0) is 19.1. The van der Waals surface area contributed by atoms with Gasteiger partial charge in [0.25, 0.3) is 5.56 Å². The van der Waals surface area contributed by atoms with Crippen molar-refractivity contribution < 1.29 is 4.42 Å². The maximum atomic E-state index is 12.7. The van der Waals surface area contributed by atoms with E-state index in [1.165, 1.54) is 0 Å². The summed E-state index contributed by atoms with van der Waals surface area (Å²) in [5.41, 5.74) is 3.27. The third kappa shape index (κ3) is 3.23. The highest BCUT2D eigenvalue weighted by Crippen LogP contribution is 2.24. The van der Waals surface area contributed by atoms with Crippen LogP contribution in [0.4, 0.5) is 0 Å². The van der Waals surface area contributed by atoms with Crippen molar-refractivity contribution in [1.29, 1.82) is 0 Å². The fourth-order valence-corrected chi connectivity index (χ4v) is 3.82. The number of halogens is 1. The average molecular weight is 392 g/mol. The van der Waals surface area contributed by atoms with Crippen molar-refractivity contribution in [1.82, 2.24) is 14.9 Å². The molecule has 0 radical (unpaired) electrons. The minimum Gasteiger partial charge on any atom is -0.460 e. The van der Waals surface area contributed by atoms with Crippen LogP contribution in [0.1, 0.15) is 17.0 Å². The molecular formula is C22H18ClN3O2. The van der Waals surface area contributed by atoms with Crippen LogP contribution in [0.5, 0.6) is 0 Å². The number of aromatic nitrogens is 2. The van der Waals surface area contributed by atoms with Crippen molar-refractivity contribution in [2.24, 2.45) is 0 Å². The summed E-state index contributed by atoms with van der Waals surface area (Å²) in [5, 5.41) is 1.76. The van der Waals surface area contributed by atoms with E-state index >= 15 is 0 Å². The van der Waals surface area contributed by atoms with Crippen molar-refractivity contribution in [2.75, 3.05) is 6.54 Å². The summed E-state index contributed by atoms with van der Waals surface area (Å²) in [6, 6.07) is 17.4. The summed E-state index contributed by atoms with van der Waals surface area (Å²) < 4.78 is 5.92. The van der Waals surface area contributed by atoms with Crippen molar-refractivity contribution >= 4 is 22.6 Å². The van der Waals surface area contributed by atoms with E-state index in [2.05, 4.69) is 16.0 Å². The van der Waals surface area contributed by atoms with Gasteiger partial charge in [0.15, 0.2) is 0 Å². The highest BCUT2D eigenvalue weighted by molar-refractivity contribution is 6.30. The quantitative estimate of drug-likeness (QED) is 0.562.